The second-order valence-electron chi connectivity index (χ2n) is 10.2. The highest BCUT2D eigenvalue weighted by Crippen LogP contribution is 2.40. The van der Waals surface area contributed by atoms with Crippen LogP contribution < -0.4 is 10.1 Å². The maximum Gasteiger partial charge on any atom is 0.241 e. The molecule has 2 aliphatic rings. The van der Waals surface area contributed by atoms with Crippen LogP contribution in [0.25, 0.3) is 11.4 Å². The number of piperidine rings is 1. The van der Waals surface area contributed by atoms with Gasteiger partial charge in [0.25, 0.3) is 0 Å². The third-order valence-corrected chi connectivity index (χ3v) is 7.08. The van der Waals surface area contributed by atoms with Gasteiger partial charge in [0.15, 0.2) is 0 Å². The zero-order valence-corrected chi connectivity index (χ0v) is 21.1. The maximum absolute atomic E-state index is 13.2. The van der Waals surface area contributed by atoms with E-state index in [0.717, 1.165) is 49.2 Å². The first-order chi connectivity index (χ1) is 16.8. The highest BCUT2D eigenvalue weighted by molar-refractivity contribution is 6.30. The summed E-state index contributed by atoms with van der Waals surface area (Å²) in [6, 6.07) is 13.5. The van der Waals surface area contributed by atoms with E-state index < -0.39 is 0 Å². The van der Waals surface area contributed by atoms with Crippen LogP contribution in [0, 0.1) is 12.8 Å². The minimum Gasteiger partial charge on any atom is -0.487 e. The molecular formula is C27H31ClN4O3. The van der Waals surface area contributed by atoms with Crippen molar-refractivity contribution in [1.82, 2.24) is 20.4 Å². The highest BCUT2D eigenvalue weighted by atomic mass is 35.5. The molecule has 3 heterocycles. The molecule has 7 nitrogen and oxygen atoms in total. The number of carbonyl (C=O) groups excluding carboxylic acids is 1. The first kappa shape index (κ1) is 23.8. The molecule has 8 heteroatoms. The van der Waals surface area contributed by atoms with E-state index in [1.54, 1.807) is 0 Å². The summed E-state index contributed by atoms with van der Waals surface area (Å²) in [5.74, 6) is 2.12. The number of hydrogen-bond donors (Lipinski definition) is 1. The first-order valence-corrected chi connectivity index (χ1v) is 12.5. The number of aromatic nitrogens is 2. The fourth-order valence-electron chi connectivity index (χ4n) is 4.97. The van der Waals surface area contributed by atoms with Crippen LogP contribution in [-0.4, -0.2) is 39.6 Å². The van der Waals surface area contributed by atoms with Gasteiger partial charge in [0.05, 0.1) is 12.6 Å². The zero-order chi connectivity index (χ0) is 24.6. The number of nitrogens with one attached hydrogen (secondary N) is 1. The van der Waals surface area contributed by atoms with Crippen molar-refractivity contribution in [3.63, 3.8) is 0 Å². The quantitative estimate of drug-likeness (QED) is 0.516. The van der Waals surface area contributed by atoms with E-state index in [2.05, 4.69) is 53.3 Å². The summed E-state index contributed by atoms with van der Waals surface area (Å²) in [5.41, 5.74) is 2.79. The average Bonchev–Trinajstić information content (AvgIpc) is 3.28. The lowest BCUT2D eigenvalue weighted by Gasteiger charge is -2.39. The molecule has 0 saturated carbocycles. The van der Waals surface area contributed by atoms with Crippen molar-refractivity contribution >= 4 is 17.5 Å². The van der Waals surface area contributed by atoms with Crippen LogP contribution in [0.5, 0.6) is 5.75 Å². The van der Waals surface area contributed by atoms with Crippen LogP contribution in [0.2, 0.25) is 5.02 Å². The van der Waals surface area contributed by atoms with Gasteiger partial charge in [-0.25, -0.2) is 0 Å². The molecule has 35 heavy (non-hydrogen) atoms. The molecule has 184 valence electrons. The summed E-state index contributed by atoms with van der Waals surface area (Å²) in [6.45, 7) is 8.41. The summed E-state index contributed by atoms with van der Waals surface area (Å²) in [7, 11) is 0. The lowest BCUT2D eigenvalue weighted by atomic mass is 9.88. The molecule has 5 rings (SSSR count). The fraction of sp³-hybridized carbons (Fsp3) is 0.444. The molecule has 2 aliphatic heterocycles. The predicted molar refractivity (Wildman–Crippen MR) is 134 cm³/mol. The first-order valence-electron chi connectivity index (χ1n) is 12.2. The number of benzene rings is 2. The van der Waals surface area contributed by atoms with Crippen LogP contribution in [0.3, 0.4) is 0 Å². The van der Waals surface area contributed by atoms with Crippen molar-refractivity contribution in [2.75, 3.05) is 13.1 Å². The standard InChI is InChI=1S/C27H31ClN4O3/c1-17-4-9-23-21(14-17)22(15-27(2,3)34-23)29-26(33)19-10-12-32(13-11-19)16-24-30-25(31-35-24)18-5-7-20(28)8-6-18/h4-9,14,19,22H,10-13,15-16H2,1-3H3,(H,29,33). The van der Waals surface area contributed by atoms with E-state index in [1.807, 2.05) is 30.3 Å². The molecule has 1 aromatic heterocycles. The summed E-state index contributed by atoms with van der Waals surface area (Å²) < 4.78 is 11.6. The predicted octanol–water partition coefficient (Wildman–Crippen LogP) is 5.33. The number of amides is 1. The Morgan fingerprint density at radius 1 is 1.17 bits per heavy atom. The Labute approximate surface area is 210 Å². The highest BCUT2D eigenvalue weighted by Gasteiger charge is 2.36. The van der Waals surface area contributed by atoms with Crippen molar-refractivity contribution in [3.05, 3.63) is 64.5 Å². The summed E-state index contributed by atoms with van der Waals surface area (Å²) in [4.78, 5) is 20.0. The Morgan fingerprint density at radius 2 is 1.91 bits per heavy atom. The van der Waals surface area contributed by atoms with E-state index in [0.29, 0.717) is 23.3 Å². The number of nitrogens with zero attached hydrogens (tertiary/aromatic N) is 3. The van der Waals surface area contributed by atoms with Gasteiger partial charge in [-0.2, -0.15) is 4.98 Å². The largest absolute Gasteiger partial charge is 0.487 e. The van der Waals surface area contributed by atoms with Crippen LogP contribution in [0.1, 0.15) is 56.2 Å². The van der Waals surface area contributed by atoms with Crippen molar-refractivity contribution < 1.29 is 14.1 Å². The fourth-order valence-corrected chi connectivity index (χ4v) is 5.10. The van der Waals surface area contributed by atoms with Crippen molar-refractivity contribution in [2.45, 2.75) is 58.2 Å². The van der Waals surface area contributed by atoms with Crippen molar-refractivity contribution in [1.29, 1.82) is 0 Å². The average molecular weight is 495 g/mol. The van der Waals surface area contributed by atoms with Crippen LogP contribution in [-0.2, 0) is 11.3 Å². The SMILES string of the molecule is Cc1ccc2c(c1)C(NC(=O)C1CCN(Cc3nc(-c4ccc(Cl)cc4)no3)CC1)CC(C)(C)O2. The molecule has 2 aromatic carbocycles. The van der Waals surface area contributed by atoms with Gasteiger partial charge in [-0.3, -0.25) is 9.69 Å². The van der Waals surface area contributed by atoms with Gasteiger partial charge in [0.1, 0.15) is 11.4 Å². The second-order valence-corrected chi connectivity index (χ2v) is 10.7. The molecule has 1 saturated heterocycles. The summed E-state index contributed by atoms with van der Waals surface area (Å²) in [6.07, 6.45) is 2.36. The number of hydrogen-bond acceptors (Lipinski definition) is 6. The van der Waals surface area contributed by atoms with E-state index >= 15 is 0 Å². The zero-order valence-electron chi connectivity index (χ0n) is 20.4. The van der Waals surface area contributed by atoms with Gasteiger partial charge in [0.2, 0.25) is 17.6 Å². The number of aryl methyl sites for hydroxylation is 1. The lowest BCUT2D eigenvalue weighted by Crippen LogP contribution is -2.45. The van der Waals surface area contributed by atoms with E-state index in [1.165, 1.54) is 5.56 Å². The molecule has 1 N–H and O–H groups in total. The van der Waals surface area contributed by atoms with Gasteiger partial charge in [0, 0.05) is 28.5 Å². The van der Waals surface area contributed by atoms with Crippen molar-refractivity contribution in [2.24, 2.45) is 5.92 Å². The molecule has 0 radical (unpaired) electrons. The van der Waals surface area contributed by atoms with Crippen molar-refractivity contribution in [3.8, 4) is 17.1 Å². The van der Waals surface area contributed by atoms with E-state index in [-0.39, 0.29) is 23.5 Å². The lowest BCUT2D eigenvalue weighted by molar-refractivity contribution is -0.127. The number of halogens is 1. The Hall–Kier alpha value is -2.90. The Morgan fingerprint density at radius 3 is 2.66 bits per heavy atom. The molecule has 1 atom stereocenters. The number of fused-ring (bicyclic) bond motifs is 1. The Balaban J connectivity index is 1.16. The Bertz CT molecular complexity index is 1200. The molecule has 0 aliphatic carbocycles. The van der Waals surface area contributed by atoms with Crippen LogP contribution in [0.15, 0.2) is 47.0 Å². The minimum absolute atomic E-state index is 0.00206. The normalized spacial score (nSPS) is 20.2. The van der Waals surface area contributed by atoms with Gasteiger partial charge < -0.3 is 14.6 Å². The van der Waals surface area contributed by atoms with Gasteiger partial charge in [-0.1, -0.05) is 34.5 Å². The molecule has 0 bridgehead atoms. The van der Waals surface area contributed by atoms with Crippen LogP contribution >= 0.6 is 11.6 Å². The summed E-state index contributed by atoms with van der Waals surface area (Å²) in [5, 5.41) is 8.10. The number of likely N-dealkylation sites (tertiary alicyclic amines) is 1. The molecule has 1 unspecified atom stereocenters. The number of carbonyl (C=O) groups is 1. The molecule has 1 fully saturated rings. The third kappa shape index (κ3) is 5.52. The smallest absolute Gasteiger partial charge is 0.241 e. The molecule has 0 spiro atoms. The van der Waals surface area contributed by atoms with Gasteiger partial charge in [-0.15, -0.1) is 0 Å². The second kappa shape index (κ2) is 9.63. The maximum atomic E-state index is 13.2. The van der Waals surface area contributed by atoms with Gasteiger partial charge in [-0.05, 0) is 77.0 Å². The number of rotatable bonds is 5. The third-order valence-electron chi connectivity index (χ3n) is 6.83. The van der Waals surface area contributed by atoms with Gasteiger partial charge >= 0.3 is 0 Å². The van der Waals surface area contributed by atoms with E-state index in [9.17, 15) is 4.79 Å². The minimum atomic E-state index is -0.321. The van der Waals surface area contributed by atoms with Crippen LogP contribution in [0.4, 0.5) is 0 Å². The van der Waals surface area contributed by atoms with E-state index in [4.69, 9.17) is 20.9 Å². The molecular weight excluding hydrogens is 464 g/mol. The monoisotopic (exact) mass is 494 g/mol. The Kier molecular flexibility index (Phi) is 6.55. The molecule has 1 amide bonds. The summed E-state index contributed by atoms with van der Waals surface area (Å²) >= 11 is 5.96. The molecule has 3 aromatic rings. The topological polar surface area (TPSA) is 80.5 Å². The number of ether oxygens (including phenoxy) is 1.